The number of anilines is 1. The Balaban J connectivity index is 1.70. The van der Waals surface area contributed by atoms with E-state index >= 15 is 0 Å². The highest BCUT2D eigenvalue weighted by Crippen LogP contribution is 2.37. The highest BCUT2D eigenvalue weighted by atomic mass is 15.3. The number of nitrogens with one attached hydrogen (secondary N) is 1. The number of hydrogen-bond acceptors (Lipinski definition) is 4. The smallest absolute Gasteiger partial charge is 0.225 e. The van der Waals surface area contributed by atoms with Crippen molar-refractivity contribution in [2.75, 3.05) is 31.1 Å². The number of rotatable bonds is 2. The molecular weight excluding hydrogens is 224 g/mol. The normalized spacial score (nSPS) is 27.9. The Morgan fingerprint density at radius 1 is 1.33 bits per heavy atom. The van der Waals surface area contributed by atoms with Crippen molar-refractivity contribution in [3.05, 3.63) is 18.0 Å². The fourth-order valence-electron chi connectivity index (χ4n) is 3.18. The molecule has 1 aromatic heterocycles. The summed E-state index contributed by atoms with van der Waals surface area (Å²) in [6.07, 6.45) is 8.87. The Bertz CT molecular complexity index is 395. The predicted molar refractivity (Wildman–Crippen MR) is 72.8 cm³/mol. The largest absolute Gasteiger partial charge is 0.340 e. The van der Waals surface area contributed by atoms with Crippen LogP contribution in [-0.2, 0) is 6.42 Å². The molecule has 3 heterocycles. The van der Waals surface area contributed by atoms with E-state index in [2.05, 4.69) is 27.1 Å². The van der Waals surface area contributed by atoms with Gasteiger partial charge in [0.15, 0.2) is 0 Å². The summed E-state index contributed by atoms with van der Waals surface area (Å²) in [7, 11) is 0. The molecule has 0 radical (unpaired) electrons. The van der Waals surface area contributed by atoms with Crippen molar-refractivity contribution in [2.24, 2.45) is 5.41 Å². The summed E-state index contributed by atoms with van der Waals surface area (Å²) < 4.78 is 0. The highest BCUT2D eigenvalue weighted by molar-refractivity contribution is 5.33. The van der Waals surface area contributed by atoms with Crippen LogP contribution >= 0.6 is 0 Å². The van der Waals surface area contributed by atoms with Crippen LogP contribution in [0.25, 0.3) is 0 Å². The number of hydrogen-bond donors (Lipinski definition) is 1. The van der Waals surface area contributed by atoms with E-state index in [1.807, 2.05) is 12.4 Å². The lowest BCUT2D eigenvalue weighted by Gasteiger charge is -2.33. The molecule has 1 atom stereocenters. The monoisotopic (exact) mass is 246 g/mol. The van der Waals surface area contributed by atoms with E-state index in [4.69, 9.17) is 0 Å². The third-order valence-electron chi connectivity index (χ3n) is 4.38. The molecule has 4 heteroatoms. The van der Waals surface area contributed by atoms with Gasteiger partial charge < -0.3 is 10.2 Å². The average Bonchev–Trinajstić information content (AvgIpc) is 2.83. The zero-order chi connectivity index (χ0) is 12.4. The molecule has 2 aliphatic rings. The minimum absolute atomic E-state index is 0.477. The number of aromatic nitrogens is 2. The van der Waals surface area contributed by atoms with Gasteiger partial charge in [0.2, 0.25) is 5.95 Å². The molecule has 1 N–H and O–H groups in total. The van der Waals surface area contributed by atoms with Gasteiger partial charge in [-0.25, -0.2) is 9.97 Å². The molecule has 1 unspecified atom stereocenters. The van der Waals surface area contributed by atoms with Crippen LogP contribution in [0.5, 0.6) is 0 Å². The van der Waals surface area contributed by atoms with Crippen molar-refractivity contribution in [1.29, 1.82) is 0 Å². The third-order valence-corrected chi connectivity index (χ3v) is 4.38. The van der Waals surface area contributed by atoms with E-state index in [0.717, 1.165) is 32.0 Å². The Morgan fingerprint density at radius 3 is 2.83 bits per heavy atom. The molecule has 0 saturated carbocycles. The van der Waals surface area contributed by atoms with Crippen molar-refractivity contribution in [2.45, 2.75) is 32.6 Å². The molecule has 18 heavy (non-hydrogen) atoms. The van der Waals surface area contributed by atoms with Gasteiger partial charge >= 0.3 is 0 Å². The van der Waals surface area contributed by atoms with E-state index in [9.17, 15) is 0 Å². The van der Waals surface area contributed by atoms with Crippen molar-refractivity contribution < 1.29 is 0 Å². The Kier molecular flexibility index (Phi) is 3.20. The lowest BCUT2D eigenvalue weighted by molar-refractivity contribution is 0.239. The van der Waals surface area contributed by atoms with Crippen LogP contribution in [0.4, 0.5) is 5.95 Å². The van der Waals surface area contributed by atoms with Gasteiger partial charge in [0.1, 0.15) is 0 Å². The van der Waals surface area contributed by atoms with Gasteiger partial charge in [-0.05, 0) is 37.8 Å². The Labute approximate surface area is 109 Å². The van der Waals surface area contributed by atoms with Crippen molar-refractivity contribution in [3.8, 4) is 0 Å². The minimum Gasteiger partial charge on any atom is -0.340 e. The summed E-state index contributed by atoms with van der Waals surface area (Å²) in [5.41, 5.74) is 1.69. The molecule has 98 valence electrons. The second-order valence-corrected chi connectivity index (χ2v) is 5.70. The molecule has 0 aromatic carbocycles. The van der Waals surface area contributed by atoms with Gasteiger partial charge in [-0.3, -0.25) is 0 Å². The topological polar surface area (TPSA) is 41.1 Å². The molecule has 0 amide bonds. The van der Waals surface area contributed by atoms with Crippen molar-refractivity contribution in [1.82, 2.24) is 15.3 Å². The van der Waals surface area contributed by atoms with Crippen LogP contribution in [-0.4, -0.2) is 36.1 Å². The van der Waals surface area contributed by atoms with Gasteiger partial charge in [0.05, 0.1) is 0 Å². The number of piperidine rings is 1. The molecule has 2 fully saturated rings. The molecule has 3 rings (SSSR count). The fraction of sp³-hybridized carbons (Fsp3) is 0.714. The maximum Gasteiger partial charge on any atom is 0.225 e. The molecule has 0 aliphatic carbocycles. The second-order valence-electron chi connectivity index (χ2n) is 5.70. The molecule has 1 aromatic rings. The summed E-state index contributed by atoms with van der Waals surface area (Å²) in [5, 5.41) is 3.54. The molecule has 1 spiro atoms. The molecule has 2 saturated heterocycles. The highest BCUT2D eigenvalue weighted by Gasteiger charge is 2.39. The molecule has 4 nitrogen and oxygen atoms in total. The molecule has 0 bridgehead atoms. The first kappa shape index (κ1) is 11.9. The summed E-state index contributed by atoms with van der Waals surface area (Å²) in [4.78, 5) is 11.4. The van der Waals surface area contributed by atoms with Crippen LogP contribution in [0.1, 0.15) is 31.7 Å². The van der Waals surface area contributed by atoms with Crippen LogP contribution in [0.15, 0.2) is 12.4 Å². The maximum absolute atomic E-state index is 4.50. The van der Waals surface area contributed by atoms with E-state index in [1.165, 1.54) is 31.4 Å². The summed E-state index contributed by atoms with van der Waals surface area (Å²) in [6, 6.07) is 0. The SMILES string of the molecule is CCc1cnc(N2CCC3(CCCNC3)C2)nc1. The third kappa shape index (κ3) is 2.21. The fourth-order valence-corrected chi connectivity index (χ4v) is 3.18. The van der Waals surface area contributed by atoms with Crippen LogP contribution in [0, 0.1) is 5.41 Å². The predicted octanol–water partition coefficient (Wildman–Crippen LogP) is 1.62. The van der Waals surface area contributed by atoms with Gasteiger partial charge in [0, 0.05) is 37.4 Å². The number of aryl methyl sites for hydroxylation is 1. The van der Waals surface area contributed by atoms with Gasteiger partial charge in [-0.2, -0.15) is 0 Å². The standard InChI is InChI=1S/C14H22N4/c1-2-12-8-16-13(17-9-12)18-7-5-14(11-18)4-3-6-15-10-14/h8-9,15H,2-7,10-11H2,1H3. The van der Waals surface area contributed by atoms with Crippen molar-refractivity contribution in [3.63, 3.8) is 0 Å². The zero-order valence-electron chi connectivity index (χ0n) is 11.2. The summed E-state index contributed by atoms with van der Waals surface area (Å²) >= 11 is 0. The summed E-state index contributed by atoms with van der Waals surface area (Å²) in [6.45, 7) is 6.70. The first-order chi connectivity index (χ1) is 8.81. The van der Waals surface area contributed by atoms with Gasteiger partial charge in [0.25, 0.3) is 0 Å². The first-order valence-corrected chi connectivity index (χ1v) is 7.08. The Hall–Kier alpha value is -1.16. The maximum atomic E-state index is 4.50. The first-order valence-electron chi connectivity index (χ1n) is 7.08. The Morgan fingerprint density at radius 2 is 2.17 bits per heavy atom. The van der Waals surface area contributed by atoms with Crippen molar-refractivity contribution >= 4 is 5.95 Å². The van der Waals surface area contributed by atoms with Crippen LogP contribution < -0.4 is 10.2 Å². The van der Waals surface area contributed by atoms with E-state index < -0.39 is 0 Å². The average molecular weight is 246 g/mol. The van der Waals surface area contributed by atoms with E-state index in [-0.39, 0.29) is 0 Å². The van der Waals surface area contributed by atoms with Crippen LogP contribution in [0.3, 0.4) is 0 Å². The van der Waals surface area contributed by atoms with Gasteiger partial charge in [-0.1, -0.05) is 6.92 Å². The van der Waals surface area contributed by atoms with E-state index in [0.29, 0.717) is 5.41 Å². The quantitative estimate of drug-likeness (QED) is 0.861. The second kappa shape index (κ2) is 4.84. The molecular formula is C14H22N4. The van der Waals surface area contributed by atoms with E-state index in [1.54, 1.807) is 0 Å². The lowest BCUT2D eigenvalue weighted by Crippen LogP contribution is -2.42. The number of nitrogens with zero attached hydrogens (tertiary/aromatic N) is 3. The lowest BCUT2D eigenvalue weighted by atomic mass is 9.80. The zero-order valence-corrected chi connectivity index (χ0v) is 11.2. The van der Waals surface area contributed by atoms with Gasteiger partial charge in [-0.15, -0.1) is 0 Å². The molecule has 2 aliphatic heterocycles. The minimum atomic E-state index is 0.477. The summed E-state index contributed by atoms with van der Waals surface area (Å²) in [5.74, 6) is 0.912. The van der Waals surface area contributed by atoms with Crippen LogP contribution in [0.2, 0.25) is 0 Å².